The van der Waals surface area contributed by atoms with Crippen molar-refractivity contribution in [2.75, 3.05) is 19.6 Å². The van der Waals surface area contributed by atoms with Crippen LogP contribution in [0.2, 0.25) is 0 Å². The molecule has 0 saturated carbocycles. The van der Waals surface area contributed by atoms with E-state index in [1.807, 2.05) is 17.0 Å². The Bertz CT molecular complexity index is 426. The highest BCUT2D eigenvalue weighted by Crippen LogP contribution is 2.38. The van der Waals surface area contributed by atoms with Gasteiger partial charge in [0.1, 0.15) is 0 Å². The van der Waals surface area contributed by atoms with Crippen molar-refractivity contribution in [1.29, 1.82) is 0 Å². The number of piperidine rings is 1. The van der Waals surface area contributed by atoms with Crippen molar-refractivity contribution in [3.05, 3.63) is 30.1 Å². The molecule has 0 bridgehead atoms. The number of carbonyl (C=O) groups excluding carboxylic acids is 1. The van der Waals surface area contributed by atoms with E-state index < -0.39 is 0 Å². The second-order valence-electron chi connectivity index (χ2n) is 5.39. The summed E-state index contributed by atoms with van der Waals surface area (Å²) < 4.78 is 0. The molecule has 1 N–H and O–H groups in total. The fourth-order valence-electron chi connectivity index (χ4n) is 3.12. The van der Waals surface area contributed by atoms with Crippen molar-refractivity contribution in [2.24, 2.45) is 5.41 Å². The van der Waals surface area contributed by atoms with Crippen LogP contribution >= 0.6 is 0 Å². The minimum Gasteiger partial charge on any atom is -0.338 e. The Balaban J connectivity index is 1.71. The molecule has 0 aliphatic carbocycles. The summed E-state index contributed by atoms with van der Waals surface area (Å²) in [5.41, 5.74) is 1.06. The molecule has 96 valence electrons. The first kappa shape index (κ1) is 11.7. The van der Waals surface area contributed by atoms with Gasteiger partial charge in [0.2, 0.25) is 5.91 Å². The number of amides is 1. The van der Waals surface area contributed by atoms with E-state index in [9.17, 15) is 4.79 Å². The minimum absolute atomic E-state index is 0.106. The number of hydrogen-bond donors (Lipinski definition) is 1. The fraction of sp³-hybridized carbons (Fsp3) is 0.571. The van der Waals surface area contributed by atoms with Crippen LogP contribution in [0, 0.1) is 5.41 Å². The predicted octanol–water partition coefficient (Wildman–Crippen LogP) is 1.18. The molecular weight excluding hydrogens is 226 g/mol. The Labute approximate surface area is 107 Å². The van der Waals surface area contributed by atoms with E-state index in [4.69, 9.17) is 0 Å². The van der Waals surface area contributed by atoms with E-state index in [1.165, 1.54) is 5.56 Å². The number of nitrogens with zero attached hydrogens (tertiary/aromatic N) is 2. The lowest BCUT2D eigenvalue weighted by Crippen LogP contribution is -2.45. The molecule has 0 unspecified atom stereocenters. The van der Waals surface area contributed by atoms with E-state index in [-0.39, 0.29) is 5.41 Å². The molecule has 0 aromatic carbocycles. The maximum atomic E-state index is 12.6. The highest BCUT2D eigenvalue weighted by atomic mass is 16.2. The molecular formula is C14H19N3O. The molecule has 4 nitrogen and oxygen atoms in total. The summed E-state index contributed by atoms with van der Waals surface area (Å²) in [5.74, 6) is 0.339. The van der Waals surface area contributed by atoms with Gasteiger partial charge in [-0.2, -0.15) is 0 Å². The summed E-state index contributed by atoms with van der Waals surface area (Å²) in [6.07, 6.45) is 6.74. The Morgan fingerprint density at radius 2 is 2.17 bits per heavy atom. The van der Waals surface area contributed by atoms with Crippen molar-refractivity contribution in [1.82, 2.24) is 15.2 Å². The Kier molecular flexibility index (Phi) is 3.04. The third-order valence-electron chi connectivity index (χ3n) is 4.20. The Morgan fingerprint density at radius 1 is 1.33 bits per heavy atom. The number of nitrogens with one attached hydrogen (secondary N) is 1. The lowest BCUT2D eigenvalue weighted by atomic mass is 9.79. The molecule has 1 aromatic rings. The van der Waals surface area contributed by atoms with Crippen LogP contribution in [0.15, 0.2) is 24.5 Å². The van der Waals surface area contributed by atoms with E-state index in [0.29, 0.717) is 5.91 Å². The van der Waals surface area contributed by atoms with Crippen molar-refractivity contribution < 1.29 is 4.79 Å². The van der Waals surface area contributed by atoms with Gasteiger partial charge in [-0.25, -0.2) is 0 Å². The van der Waals surface area contributed by atoms with Crippen LogP contribution in [0.3, 0.4) is 0 Å². The maximum Gasteiger partial charge on any atom is 0.230 e. The molecule has 1 aromatic heterocycles. The third-order valence-corrected chi connectivity index (χ3v) is 4.20. The van der Waals surface area contributed by atoms with Crippen molar-refractivity contribution >= 4 is 5.91 Å². The smallest absolute Gasteiger partial charge is 0.230 e. The highest BCUT2D eigenvalue weighted by Gasteiger charge is 2.46. The average molecular weight is 245 g/mol. The van der Waals surface area contributed by atoms with Gasteiger partial charge in [0.05, 0.1) is 5.41 Å². The van der Waals surface area contributed by atoms with Crippen LogP contribution in [0.25, 0.3) is 0 Å². The van der Waals surface area contributed by atoms with Gasteiger partial charge in [-0.15, -0.1) is 0 Å². The average Bonchev–Trinajstić information content (AvgIpc) is 2.71. The lowest BCUT2D eigenvalue weighted by molar-refractivity contribution is -0.137. The molecule has 1 spiro atoms. The summed E-state index contributed by atoms with van der Waals surface area (Å²) in [6.45, 7) is 3.53. The second-order valence-corrected chi connectivity index (χ2v) is 5.39. The first-order valence-corrected chi connectivity index (χ1v) is 6.69. The first-order chi connectivity index (χ1) is 8.80. The minimum atomic E-state index is -0.106. The second kappa shape index (κ2) is 4.69. The topological polar surface area (TPSA) is 45.2 Å². The SMILES string of the molecule is O=C1N(Cc2ccncc2)CC[C@@]12CCCNC2. The van der Waals surface area contributed by atoms with Gasteiger partial charge in [0.15, 0.2) is 0 Å². The number of rotatable bonds is 2. The Morgan fingerprint density at radius 3 is 2.89 bits per heavy atom. The standard InChI is InChI=1S/C14H19N3O/c18-13-14(4-1-6-16-11-14)5-9-17(13)10-12-2-7-15-8-3-12/h2-3,7-8,16H,1,4-6,9-11H2/t14-/m1/s1. The molecule has 3 heterocycles. The molecule has 2 aliphatic rings. The van der Waals surface area contributed by atoms with Crippen molar-refractivity contribution in [3.63, 3.8) is 0 Å². The first-order valence-electron chi connectivity index (χ1n) is 6.69. The number of likely N-dealkylation sites (tertiary alicyclic amines) is 1. The van der Waals surface area contributed by atoms with E-state index in [0.717, 1.165) is 45.4 Å². The monoisotopic (exact) mass is 245 g/mol. The van der Waals surface area contributed by atoms with Gasteiger partial charge in [-0.1, -0.05) is 0 Å². The summed E-state index contributed by atoms with van der Waals surface area (Å²) in [4.78, 5) is 18.6. The van der Waals surface area contributed by atoms with Crippen molar-refractivity contribution in [2.45, 2.75) is 25.8 Å². The maximum absolute atomic E-state index is 12.6. The number of aromatic nitrogens is 1. The molecule has 1 atom stereocenters. The summed E-state index contributed by atoms with van der Waals surface area (Å²) in [5, 5.41) is 3.37. The quantitative estimate of drug-likeness (QED) is 0.851. The van der Waals surface area contributed by atoms with Gasteiger partial charge in [-0.3, -0.25) is 9.78 Å². The zero-order valence-corrected chi connectivity index (χ0v) is 10.6. The van der Waals surface area contributed by atoms with Gasteiger partial charge in [-0.05, 0) is 43.5 Å². The van der Waals surface area contributed by atoms with E-state index in [2.05, 4.69) is 10.3 Å². The summed E-state index contributed by atoms with van der Waals surface area (Å²) in [6, 6.07) is 3.97. The van der Waals surface area contributed by atoms with E-state index >= 15 is 0 Å². The molecule has 4 heteroatoms. The number of hydrogen-bond acceptors (Lipinski definition) is 3. The zero-order chi connectivity index (χ0) is 12.4. The van der Waals surface area contributed by atoms with Crippen LogP contribution in [-0.4, -0.2) is 35.4 Å². The molecule has 2 aliphatic heterocycles. The molecule has 3 rings (SSSR count). The molecule has 18 heavy (non-hydrogen) atoms. The highest BCUT2D eigenvalue weighted by molar-refractivity contribution is 5.85. The van der Waals surface area contributed by atoms with E-state index in [1.54, 1.807) is 12.4 Å². The van der Waals surface area contributed by atoms with Crippen molar-refractivity contribution in [3.8, 4) is 0 Å². The van der Waals surface area contributed by atoms with Crippen LogP contribution in [-0.2, 0) is 11.3 Å². The normalized spacial score (nSPS) is 28.0. The Hall–Kier alpha value is -1.42. The third kappa shape index (κ3) is 2.01. The fourth-order valence-corrected chi connectivity index (χ4v) is 3.12. The molecule has 1 amide bonds. The predicted molar refractivity (Wildman–Crippen MR) is 68.8 cm³/mol. The summed E-state index contributed by atoms with van der Waals surface area (Å²) in [7, 11) is 0. The molecule has 0 radical (unpaired) electrons. The number of pyridine rings is 1. The van der Waals surface area contributed by atoms with Gasteiger partial charge in [0, 0.05) is 32.0 Å². The van der Waals surface area contributed by atoms with Gasteiger partial charge >= 0.3 is 0 Å². The zero-order valence-electron chi connectivity index (χ0n) is 10.6. The van der Waals surface area contributed by atoms with Crippen LogP contribution < -0.4 is 5.32 Å². The van der Waals surface area contributed by atoms with Gasteiger partial charge in [0.25, 0.3) is 0 Å². The summed E-state index contributed by atoms with van der Waals surface area (Å²) >= 11 is 0. The largest absolute Gasteiger partial charge is 0.338 e. The van der Waals surface area contributed by atoms with Crippen LogP contribution in [0.1, 0.15) is 24.8 Å². The molecule has 2 saturated heterocycles. The molecule has 2 fully saturated rings. The van der Waals surface area contributed by atoms with Crippen LogP contribution in [0.4, 0.5) is 0 Å². The number of carbonyl (C=O) groups is 1. The van der Waals surface area contributed by atoms with Gasteiger partial charge < -0.3 is 10.2 Å². The lowest BCUT2D eigenvalue weighted by Gasteiger charge is -2.32. The van der Waals surface area contributed by atoms with Crippen LogP contribution in [0.5, 0.6) is 0 Å².